The Bertz CT molecular complexity index is 506. The lowest BCUT2D eigenvalue weighted by Crippen LogP contribution is -2.32. The fourth-order valence-corrected chi connectivity index (χ4v) is 2.84. The van der Waals surface area contributed by atoms with Crippen LogP contribution in [0.3, 0.4) is 0 Å². The minimum absolute atomic E-state index is 0.0484. The van der Waals surface area contributed by atoms with Crippen molar-refractivity contribution in [3.63, 3.8) is 0 Å². The van der Waals surface area contributed by atoms with Crippen molar-refractivity contribution in [3.8, 4) is 0 Å². The minimum atomic E-state index is 0.0484. The van der Waals surface area contributed by atoms with Crippen LogP contribution in [0.5, 0.6) is 0 Å². The van der Waals surface area contributed by atoms with Crippen LogP contribution < -0.4 is 0 Å². The summed E-state index contributed by atoms with van der Waals surface area (Å²) >= 11 is 1.61. The Balaban J connectivity index is 2.22. The summed E-state index contributed by atoms with van der Waals surface area (Å²) in [5, 5.41) is 0. The summed E-state index contributed by atoms with van der Waals surface area (Å²) in [5.74, 6) is 0.0484. The zero-order valence-corrected chi connectivity index (χ0v) is 12.0. The first-order valence-electron chi connectivity index (χ1n) is 6.40. The maximum absolute atomic E-state index is 12.3. The first kappa shape index (κ1) is 13.1. The van der Waals surface area contributed by atoms with E-state index >= 15 is 0 Å². The van der Waals surface area contributed by atoms with E-state index in [0.29, 0.717) is 5.69 Å². The molecule has 4 nitrogen and oxygen atoms in total. The van der Waals surface area contributed by atoms with Crippen molar-refractivity contribution in [2.45, 2.75) is 33.6 Å². The molecule has 0 bridgehead atoms. The van der Waals surface area contributed by atoms with E-state index in [9.17, 15) is 4.79 Å². The molecule has 0 aromatic carbocycles. The number of hydrogen-bond acceptors (Lipinski definition) is 3. The topological polar surface area (TPSA) is 37.6 Å². The van der Waals surface area contributed by atoms with Gasteiger partial charge in [-0.3, -0.25) is 9.20 Å². The number of amides is 1. The van der Waals surface area contributed by atoms with Crippen LogP contribution in [-0.2, 0) is 0 Å². The Labute approximate surface area is 111 Å². The molecule has 18 heavy (non-hydrogen) atoms. The van der Waals surface area contributed by atoms with E-state index in [-0.39, 0.29) is 5.91 Å². The van der Waals surface area contributed by atoms with Gasteiger partial charge in [0.1, 0.15) is 5.69 Å². The van der Waals surface area contributed by atoms with Crippen LogP contribution in [0, 0.1) is 6.92 Å². The van der Waals surface area contributed by atoms with Gasteiger partial charge in [0.25, 0.3) is 5.91 Å². The predicted molar refractivity (Wildman–Crippen MR) is 74.3 cm³/mol. The molecule has 98 valence electrons. The smallest absolute Gasteiger partial charge is 0.274 e. The number of thiazole rings is 1. The number of aromatic nitrogens is 2. The van der Waals surface area contributed by atoms with Crippen molar-refractivity contribution >= 4 is 22.2 Å². The molecule has 2 heterocycles. The largest absolute Gasteiger partial charge is 0.337 e. The number of carbonyl (C=O) groups is 1. The summed E-state index contributed by atoms with van der Waals surface area (Å²) in [6.45, 7) is 7.82. The summed E-state index contributed by atoms with van der Waals surface area (Å²) in [6, 6.07) is 0. The average Bonchev–Trinajstić information content (AvgIpc) is 2.84. The number of rotatable bonds is 5. The van der Waals surface area contributed by atoms with Crippen LogP contribution in [0.25, 0.3) is 4.96 Å². The van der Waals surface area contributed by atoms with Crippen molar-refractivity contribution in [3.05, 3.63) is 23.0 Å². The molecule has 2 aromatic heterocycles. The molecule has 0 fully saturated rings. The molecule has 5 heteroatoms. The van der Waals surface area contributed by atoms with Gasteiger partial charge >= 0.3 is 0 Å². The SMILES string of the molecule is CCCN(CCC)C(=O)c1cn2cc(C)sc2n1. The van der Waals surface area contributed by atoms with Gasteiger partial charge < -0.3 is 4.90 Å². The van der Waals surface area contributed by atoms with Crippen molar-refractivity contribution in [1.82, 2.24) is 14.3 Å². The van der Waals surface area contributed by atoms with Crippen LogP contribution in [0.2, 0.25) is 0 Å². The molecule has 2 rings (SSSR count). The van der Waals surface area contributed by atoms with Gasteiger partial charge in [-0.05, 0) is 19.8 Å². The maximum Gasteiger partial charge on any atom is 0.274 e. The minimum Gasteiger partial charge on any atom is -0.337 e. The Kier molecular flexibility index (Phi) is 4.01. The fraction of sp³-hybridized carbons (Fsp3) is 0.538. The van der Waals surface area contributed by atoms with Crippen molar-refractivity contribution in [2.75, 3.05) is 13.1 Å². The number of carbonyl (C=O) groups excluding carboxylic acids is 1. The van der Waals surface area contributed by atoms with Gasteiger partial charge in [0, 0.05) is 30.4 Å². The molecular weight excluding hydrogens is 246 g/mol. The second-order valence-corrected chi connectivity index (χ2v) is 5.66. The van der Waals surface area contributed by atoms with Crippen LogP contribution in [0.1, 0.15) is 42.1 Å². The molecule has 0 N–H and O–H groups in total. The van der Waals surface area contributed by atoms with Crippen LogP contribution >= 0.6 is 11.3 Å². The second kappa shape index (κ2) is 5.52. The number of imidazole rings is 1. The average molecular weight is 265 g/mol. The maximum atomic E-state index is 12.3. The summed E-state index contributed by atoms with van der Waals surface area (Å²) in [6.07, 6.45) is 5.80. The summed E-state index contributed by atoms with van der Waals surface area (Å²) in [5.41, 5.74) is 0.558. The van der Waals surface area contributed by atoms with Gasteiger partial charge in [-0.2, -0.15) is 0 Å². The first-order valence-corrected chi connectivity index (χ1v) is 7.21. The lowest BCUT2D eigenvalue weighted by molar-refractivity contribution is 0.0750. The highest BCUT2D eigenvalue weighted by molar-refractivity contribution is 7.17. The standard InChI is InChI=1S/C13H19N3OS/c1-4-6-15(7-5-2)12(17)11-9-16-8-10(3)18-13(16)14-11/h8-9H,4-7H2,1-3H3. The molecule has 0 aliphatic rings. The lowest BCUT2D eigenvalue weighted by atomic mass is 10.3. The molecule has 0 aliphatic carbocycles. The van der Waals surface area contributed by atoms with E-state index in [1.165, 1.54) is 4.88 Å². The van der Waals surface area contributed by atoms with Gasteiger partial charge in [-0.25, -0.2) is 4.98 Å². The Morgan fingerprint density at radius 2 is 2.00 bits per heavy atom. The van der Waals surface area contributed by atoms with Crippen LogP contribution in [0.4, 0.5) is 0 Å². The summed E-state index contributed by atoms with van der Waals surface area (Å²) < 4.78 is 1.93. The van der Waals surface area contributed by atoms with Gasteiger partial charge in [-0.1, -0.05) is 13.8 Å². The van der Waals surface area contributed by atoms with E-state index in [1.54, 1.807) is 11.3 Å². The number of fused-ring (bicyclic) bond motifs is 1. The Morgan fingerprint density at radius 1 is 1.33 bits per heavy atom. The normalized spacial score (nSPS) is 11.1. The number of hydrogen-bond donors (Lipinski definition) is 0. The highest BCUT2D eigenvalue weighted by atomic mass is 32.1. The molecule has 0 unspecified atom stereocenters. The van der Waals surface area contributed by atoms with Crippen LogP contribution in [0.15, 0.2) is 12.4 Å². The molecule has 0 saturated heterocycles. The third-order valence-corrected chi connectivity index (χ3v) is 3.68. The third-order valence-electron chi connectivity index (χ3n) is 2.76. The zero-order valence-electron chi connectivity index (χ0n) is 11.1. The van der Waals surface area contributed by atoms with E-state index in [4.69, 9.17) is 0 Å². The molecule has 0 atom stereocenters. The van der Waals surface area contributed by atoms with Gasteiger partial charge in [0.2, 0.25) is 0 Å². The molecular formula is C13H19N3OS. The van der Waals surface area contributed by atoms with E-state index in [1.807, 2.05) is 28.6 Å². The van der Waals surface area contributed by atoms with E-state index < -0.39 is 0 Å². The molecule has 0 radical (unpaired) electrons. The molecule has 1 amide bonds. The van der Waals surface area contributed by atoms with Gasteiger partial charge in [0.15, 0.2) is 4.96 Å². The Hall–Kier alpha value is -1.36. The first-order chi connectivity index (χ1) is 8.65. The number of nitrogens with zero attached hydrogens (tertiary/aromatic N) is 3. The van der Waals surface area contributed by atoms with Crippen molar-refractivity contribution in [2.24, 2.45) is 0 Å². The van der Waals surface area contributed by atoms with Gasteiger partial charge in [0.05, 0.1) is 0 Å². The highest BCUT2D eigenvalue weighted by Crippen LogP contribution is 2.17. The lowest BCUT2D eigenvalue weighted by Gasteiger charge is -2.20. The van der Waals surface area contributed by atoms with Crippen molar-refractivity contribution in [1.29, 1.82) is 0 Å². The number of aryl methyl sites for hydroxylation is 1. The molecule has 0 aliphatic heterocycles. The third kappa shape index (κ3) is 2.56. The quantitative estimate of drug-likeness (QED) is 0.833. The Morgan fingerprint density at radius 3 is 2.56 bits per heavy atom. The van der Waals surface area contributed by atoms with Crippen molar-refractivity contribution < 1.29 is 4.79 Å². The monoisotopic (exact) mass is 265 g/mol. The second-order valence-electron chi connectivity index (χ2n) is 4.45. The summed E-state index contributed by atoms with van der Waals surface area (Å²) in [7, 11) is 0. The summed E-state index contributed by atoms with van der Waals surface area (Å²) in [4.78, 5) is 20.7. The van der Waals surface area contributed by atoms with E-state index in [2.05, 4.69) is 18.8 Å². The fourth-order valence-electron chi connectivity index (χ4n) is 2.03. The highest BCUT2D eigenvalue weighted by Gasteiger charge is 2.18. The zero-order chi connectivity index (χ0) is 13.1. The van der Waals surface area contributed by atoms with E-state index in [0.717, 1.165) is 30.9 Å². The molecule has 0 spiro atoms. The molecule has 0 saturated carbocycles. The van der Waals surface area contributed by atoms with Crippen LogP contribution in [-0.4, -0.2) is 33.3 Å². The predicted octanol–water partition coefficient (Wildman–Crippen LogP) is 2.97. The molecule has 2 aromatic rings. The van der Waals surface area contributed by atoms with Gasteiger partial charge in [-0.15, -0.1) is 11.3 Å².